The molecule has 20 heavy (non-hydrogen) atoms. The molecule has 3 aromatic rings. The number of hydrogen-bond acceptors (Lipinski definition) is 6. The molecule has 6 nitrogen and oxygen atoms in total. The fourth-order valence-electron chi connectivity index (χ4n) is 1.76. The number of amides is 1. The number of methoxy groups -OCH3 is 1. The average Bonchev–Trinajstić information content (AvgIpc) is 2.95. The molecule has 3 rings (SSSR count). The van der Waals surface area contributed by atoms with Gasteiger partial charge in [-0.05, 0) is 12.1 Å². The molecule has 0 aliphatic rings. The van der Waals surface area contributed by atoms with Gasteiger partial charge in [0.1, 0.15) is 0 Å². The molecule has 0 saturated heterocycles. The van der Waals surface area contributed by atoms with Crippen molar-refractivity contribution in [3.05, 3.63) is 41.7 Å². The lowest BCUT2D eigenvalue weighted by molar-refractivity contribution is 0.102. The number of nitrogens with zero attached hydrogens (tertiary/aromatic N) is 3. The molecule has 1 aromatic carbocycles. The summed E-state index contributed by atoms with van der Waals surface area (Å²) in [4.78, 5) is 24.5. The molecule has 0 radical (unpaired) electrons. The molecule has 2 aromatic heterocycles. The standard InChI is InChI=1S/C13H10N4O2S/c1-19-11-6-14-5-10(16-11)17-13(18)8-3-2-4-9-12(8)15-7-20-9/h2-7H,1H3,(H,16,17,18). The fourth-order valence-corrected chi connectivity index (χ4v) is 2.46. The van der Waals surface area contributed by atoms with Crippen LogP contribution in [0, 0.1) is 0 Å². The third-order valence-corrected chi connectivity index (χ3v) is 3.46. The van der Waals surface area contributed by atoms with Crippen LogP contribution in [-0.2, 0) is 0 Å². The Morgan fingerprint density at radius 2 is 2.25 bits per heavy atom. The minimum atomic E-state index is -0.274. The quantitative estimate of drug-likeness (QED) is 0.799. The predicted octanol–water partition coefficient (Wildman–Crippen LogP) is 2.35. The highest BCUT2D eigenvalue weighted by Crippen LogP contribution is 2.22. The highest BCUT2D eigenvalue weighted by molar-refractivity contribution is 7.16. The lowest BCUT2D eigenvalue weighted by atomic mass is 10.2. The van der Waals surface area contributed by atoms with Crippen molar-refractivity contribution in [1.82, 2.24) is 15.0 Å². The molecule has 0 fully saturated rings. The summed E-state index contributed by atoms with van der Waals surface area (Å²) in [5, 5.41) is 2.69. The molecule has 0 aliphatic carbocycles. The number of aromatic nitrogens is 3. The van der Waals surface area contributed by atoms with E-state index >= 15 is 0 Å². The first-order chi connectivity index (χ1) is 9.78. The number of carbonyl (C=O) groups is 1. The van der Waals surface area contributed by atoms with E-state index in [1.165, 1.54) is 30.8 Å². The van der Waals surface area contributed by atoms with Crippen LogP contribution in [0.1, 0.15) is 10.4 Å². The monoisotopic (exact) mass is 286 g/mol. The molecule has 0 aliphatic heterocycles. The zero-order valence-corrected chi connectivity index (χ0v) is 11.3. The Morgan fingerprint density at radius 1 is 1.35 bits per heavy atom. The van der Waals surface area contributed by atoms with Gasteiger partial charge in [-0.3, -0.25) is 9.78 Å². The number of ether oxygens (including phenoxy) is 1. The number of thiazole rings is 1. The van der Waals surface area contributed by atoms with E-state index < -0.39 is 0 Å². The molecule has 0 saturated carbocycles. The normalized spacial score (nSPS) is 10.4. The van der Waals surface area contributed by atoms with E-state index in [-0.39, 0.29) is 5.91 Å². The predicted molar refractivity (Wildman–Crippen MR) is 76.2 cm³/mol. The number of nitrogens with one attached hydrogen (secondary N) is 1. The number of benzene rings is 1. The first kappa shape index (κ1) is 12.5. The lowest BCUT2D eigenvalue weighted by Crippen LogP contribution is -2.13. The summed E-state index contributed by atoms with van der Waals surface area (Å²) in [5.74, 6) is 0.403. The van der Waals surface area contributed by atoms with Gasteiger partial charge < -0.3 is 10.1 Å². The zero-order valence-electron chi connectivity index (χ0n) is 10.5. The van der Waals surface area contributed by atoms with E-state index in [2.05, 4.69) is 20.3 Å². The molecule has 0 spiro atoms. The van der Waals surface area contributed by atoms with Gasteiger partial charge in [-0.2, -0.15) is 4.98 Å². The third kappa shape index (κ3) is 2.30. The van der Waals surface area contributed by atoms with Crippen molar-refractivity contribution in [2.24, 2.45) is 0 Å². The molecule has 7 heteroatoms. The van der Waals surface area contributed by atoms with Gasteiger partial charge >= 0.3 is 0 Å². The van der Waals surface area contributed by atoms with Crippen LogP contribution in [0.5, 0.6) is 5.88 Å². The van der Waals surface area contributed by atoms with E-state index in [0.717, 1.165) is 4.70 Å². The second-order valence-corrected chi connectivity index (χ2v) is 4.79. The van der Waals surface area contributed by atoms with Gasteiger partial charge in [-0.1, -0.05) is 6.07 Å². The number of hydrogen-bond donors (Lipinski definition) is 1. The topological polar surface area (TPSA) is 77.0 Å². The summed E-state index contributed by atoms with van der Waals surface area (Å²) in [7, 11) is 1.49. The van der Waals surface area contributed by atoms with Crippen LogP contribution in [-0.4, -0.2) is 28.0 Å². The Bertz CT molecular complexity index is 772. The van der Waals surface area contributed by atoms with Gasteiger partial charge in [0, 0.05) is 0 Å². The Hall–Kier alpha value is -2.54. The van der Waals surface area contributed by atoms with Crippen molar-refractivity contribution in [3.63, 3.8) is 0 Å². The molecule has 1 N–H and O–H groups in total. The van der Waals surface area contributed by atoms with Crippen LogP contribution in [0.3, 0.4) is 0 Å². The van der Waals surface area contributed by atoms with Gasteiger partial charge in [0.25, 0.3) is 5.91 Å². The second-order valence-electron chi connectivity index (χ2n) is 3.91. The van der Waals surface area contributed by atoms with Crippen molar-refractivity contribution < 1.29 is 9.53 Å². The summed E-state index contributed by atoms with van der Waals surface area (Å²) in [6, 6.07) is 5.48. The molecule has 0 bridgehead atoms. The van der Waals surface area contributed by atoms with Crippen LogP contribution in [0.4, 0.5) is 5.82 Å². The van der Waals surface area contributed by atoms with Gasteiger partial charge in [-0.25, -0.2) is 4.98 Å². The highest BCUT2D eigenvalue weighted by atomic mass is 32.1. The number of fused-ring (bicyclic) bond motifs is 1. The molecule has 100 valence electrons. The van der Waals surface area contributed by atoms with E-state index in [0.29, 0.717) is 22.8 Å². The Balaban J connectivity index is 1.91. The first-order valence-corrected chi connectivity index (χ1v) is 6.65. The van der Waals surface area contributed by atoms with Gasteiger partial charge in [-0.15, -0.1) is 11.3 Å². The largest absolute Gasteiger partial charge is 0.480 e. The van der Waals surface area contributed by atoms with Crippen LogP contribution < -0.4 is 10.1 Å². The van der Waals surface area contributed by atoms with Crippen molar-refractivity contribution >= 4 is 33.3 Å². The van der Waals surface area contributed by atoms with Crippen molar-refractivity contribution in [3.8, 4) is 5.88 Å². The number of carbonyl (C=O) groups excluding carboxylic acids is 1. The van der Waals surface area contributed by atoms with Crippen molar-refractivity contribution in [2.75, 3.05) is 12.4 Å². The Kier molecular flexibility index (Phi) is 3.26. The lowest BCUT2D eigenvalue weighted by Gasteiger charge is -2.05. The van der Waals surface area contributed by atoms with Crippen LogP contribution in [0.25, 0.3) is 10.2 Å². The third-order valence-electron chi connectivity index (χ3n) is 2.67. The van der Waals surface area contributed by atoms with Crippen LogP contribution >= 0.6 is 11.3 Å². The number of anilines is 1. The highest BCUT2D eigenvalue weighted by Gasteiger charge is 2.13. The fraction of sp³-hybridized carbons (Fsp3) is 0.0769. The summed E-state index contributed by atoms with van der Waals surface area (Å²) >= 11 is 1.49. The summed E-state index contributed by atoms with van der Waals surface area (Å²) in [5.41, 5.74) is 2.91. The smallest absolute Gasteiger partial charge is 0.259 e. The second kappa shape index (κ2) is 5.22. The minimum absolute atomic E-state index is 0.274. The van der Waals surface area contributed by atoms with Gasteiger partial charge in [0.05, 0.1) is 40.8 Å². The molecule has 2 heterocycles. The van der Waals surface area contributed by atoms with Crippen LogP contribution in [0.2, 0.25) is 0 Å². The molecular formula is C13H10N4O2S. The van der Waals surface area contributed by atoms with E-state index in [1.54, 1.807) is 11.6 Å². The minimum Gasteiger partial charge on any atom is -0.480 e. The maximum Gasteiger partial charge on any atom is 0.259 e. The average molecular weight is 286 g/mol. The maximum atomic E-state index is 12.3. The maximum absolute atomic E-state index is 12.3. The Morgan fingerprint density at radius 3 is 3.10 bits per heavy atom. The van der Waals surface area contributed by atoms with Gasteiger partial charge in [0.15, 0.2) is 5.82 Å². The molecule has 1 amide bonds. The summed E-state index contributed by atoms with van der Waals surface area (Å²) < 4.78 is 5.93. The Labute approximate surface area is 118 Å². The first-order valence-electron chi connectivity index (χ1n) is 5.77. The number of para-hydroxylation sites is 1. The zero-order chi connectivity index (χ0) is 13.9. The molecular weight excluding hydrogens is 276 g/mol. The van der Waals surface area contributed by atoms with Crippen molar-refractivity contribution in [1.29, 1.82) is 0 Å². The summed E-state index contributed by atoms with van der Waals surface area (Å²) in [6.07, 6.45) is 2.93. The van der Waals surface area contributed by atoms with Crippen LogP contribution in [0.15, 0.2) is 36.1 Å². The SMILES string of the molecule is COc1cncc(NC(=O)c2cccc3scnc23)n1. The molecule has 0 unspecified atom stereocenters. The van der Waals surface area contributed by atoms with E-state index in [1.807, 2.05) is 12.1 Å². The van der Waals surface area contributed by atoms with E-state index in [9.17, 15) is 4.79 Å². The summed E-state index contributed by atoms with van der Waals surface area (Å²) in [6.45, 7) is 0. The number of rotatable bonds is 3. The van der Waals surface area contributed by atoms with Gasteiger partial charge in [0.2, 0.25) is 5.88 Å². The molecule has 0 atom stereocenters. The van der Waals surface area contributed by atoms with Crippen molar-refractivity contribution in [2.45, 2.75) is 0 Å². The van der Waals surface area contributed by atoms with E-state index in [4.69, 9.17) is 4.74 Å².